The summed E-state index contributed by atoms with van der Waals surface area (Å²) in [4.78, 5) is 0. The van der Waals surface area contributed by atoms with Crippen LogP contribution in [0.25, 0.3) is 0 Å². The molecule has 0 aliphatic heterocycles. The molecule has 0 aromatic carbocycles. The lowest BCUT2D eigenvalue weighted by atomic mass is 9.74. The number of unbranched alkanes of at least 4 members (excludes halogenated alkanes) is 5. The van der Waals surface area contributed by atoms with Crippen molar-refractivity contribution in [3.05, 3.63) is 16.4 Å². The summed E-state index contributed by atoms with van der Waals surface area (Å²) in [6, 6.07) is 0. The highest BCUT2D eigenvalue weighted by Gasteiger charge is 2.32. The second-order valence-corrected chi connectivity index (χ2v) is 7.06. The minimum absolute atomic E-state index is 0.179. The third kappa shape index (κ3) is 5.02. The molecule has 1 aromatic rings. The molecule has 0 aliphatic carbocycles. The Bertz CT molecular complexity index is 425. The van der Waals surface area contributed by atoms with Crippen LogP contribution in [0.15, 0.2) is 0 Å². The smallest absolute Gasteiger partial charge is 0.130 e. The molecule has 0 aliphatic rings. The van der Waals surface area contributed by atoms with Crippen molar-refractivity contribution in [3.63, 3.8) is 0 Å². The minimum atomic E-state index is 0.179. The number of halogens is 1. The molecular weight excluding hydrogens is 280 g/mol. The van der Waals surface area contributed by atoms with Gasteiger partial charge in [-0.25, -0.2) is 0 Å². The van der Waals surface area contributed by atoms with Crippen molar-refractivity contribution in [1.29, 1.82) is 0 Å². The van der Waals surface area contributed by atoms with Crippen molar-refractivity contribution in [1.82, 2.24) is 9.78 Å². The van der Waals surface area contributed by atoms with E-state index in [1.165, 1.54) is 63.4 Å². The van der Waals surface area contributed by atoms with E-state index in [9.17, 15) is 0 Å². The van der Waals surface area contributed by atoms with E-state index in [0.29, 0.717) is 0 Å². The van der Waals surface area contributed by atoms with Crippen molar-refractivity contribution in [2.24, 2.45) is 7.05 Å². The van der Waals surface area contributed by atoms with Gasteiger partial charge in [-0.3, -0.25) is 4.68 Å². The first-order valence-electron chi connectivity index (χ1n) is 8.65. The van der Waals surface area contributed by atoms with Crippen LogP contribution >= 0.6 is 11.6 Å². The van der Waals surface area contributed by atoms with Crippen molar-refractivity contribution < 1.29 is 0 Å². The third-order valence-electron chi connectivity index (χ3n) is 4.67. The highest BCUT2D eigenvalue weighted by atomic mass is 35.5. The van der Waals surface area contributed by atoms with Gasteiger partial charge in [-0.05, 0) is 25.2 Å². The molecule has 3 heteroatoms. The molecular formula is C18H33ClN2. The number of nitrogens with zero attached hydrogens (tertiary/aromatic N) is 2. The molecule has 0 amide bonds. The van der Waals surface area contributed by atoms with Crippen molar-refractivity contribution in [2.75, 3.05) is 0 Å². The van der Waals surface area contributed by atoms with Crippen LogP contribution in [0, 0.1) is 6.92 Å². The SMILES string of the molecule is CCCCCCC(C)(CCCCC)c1c(C)nn(C)c1Cl. The Kier molecular flexibility index (Phi) is 7.79. The normalized spacial score (nSPS) is 14.4. The summed E-state index contributed by atoms with van der Waals surface area (Å²) in [5.41, 5.74) is 2.58. The van der Waals surface area contributed by atoms with Crippen LogP contribution in [0.2, 0.25) is 5.15 Å². The fraction of sp³-hybridized carbons (Fsp3) is 0.833. The Morgan fingerprint density at radius 1 is 1.00 bits per heavy atom. The van der Waals surface area contributed by atoms with Crippen LogP contribution in [0.1, 0.15) is 89.8 Å². The number of aromatic nitrogens is 2. The van der Waals surface area contributed by atoms with E-state index >= 15 is 0 Å². The highest BCUT2D eigenvalue weighted by molar-refractivity contribution is 6.30. The first kappa shape index (κ1) is 18.5. The number of hydrogen-bond acceptors (Lipinski definition) is 1. The zero-order chi connectivity index (χ0) is 15.9. The Morgan fingerprint density at radius 2 is 1.52 bits per heavy atom. The number of rotatable bonds is 10. The quantitative estimate of drug-likeness (QED) is 0.471. The summed E-state index contributed by atoms with van der Waals surface area (Å²) in [6.45, 7) is 9.03. The molecule has 0 bridgehead atoms. The van der Waals surface area contributed by atoms with Gasteiger partial charge in [-0.1, -0.05) is 77.3 Å². The fourth-order valence-corrected chi connectivity index (χ4v) is 3.80. The number of aryl methyl sites for hydroxylation is 2. The zero-order valence-electron chi connectivity index (χ0n) is 14.6. The van der Waals surface area contributed by atoms with Gasteiger partial charge in [0.25, 0.3) is 0 Å². The molecule has 1 rings (SSSR count). The van der Waals surface area contributed by atoms with Crippen LogP contribution in [-0.4, -0.2) is 9.78 Å². The molecule has 0 fully saturated rings. The van der Waals surface area contributed by atoms with Crippen molar-refractivity contribution in [3.8, 4) is 0 Å². The van der Waals surface area contributed by atoms with Gasteiger partial charge in [0.2, 0.25) is 0 Å². The van der Waals surface area contributed by atoms with Gasteiger partial charge < -0.3 is 0 Å². The molecule has 0 radical (unpaired) electrons. The van der Waals surface area contributed by atoms with Crippen molar-refractivity contribution >= 4 is 11.6 Å². The van der Waals surface area contributed by atoms with Gasteiger partial charge in [0.15, 0.2) is 0 Å². The topological polar surface area (TPSA) is 17.8 Å². The molecule has 2 nitrogen and oxygen atoms in total. The van der Waals surface area contributed by atoms with Gasteiger partial charge in [0.1, 0.15) is 5.15 Å². The molecule has 122 valence electrons. The van der Waals surface area contributed by atoms with Gasteiger partial charge in [-0.15, -0.1) is 0 Å². The van der Waals surface area contributed by atoms with E-state index in [1.54, 1.807) is 0 Å². The Labute approximate surface area is 136 Å². The zero-order valence-corrected chi connectivity index (χ0v) is 15.4. The summed E-state index contributed by atoms with van der Waals surface area (Å²) in [5, 5.41) is 5.37. The maximum atomic E-state index is 6.55. The Morgan fingerprint density at radius 3 is 2.00 bits per heavy atom. The molecule has 21 heavy (non-hydrogen) atoms. The van der Waals surface area contributed by atoms with E-state index in [0.717, 1.165) is 10.8 Å². The molecule has 0 saturated carbocycles. The van der Waals surface area contributed by atoms with Crippen LogP contribution in [0.4, 0.5) is 0 Å². The minimum Gasteiger partial charge on any atom is -0.257 e. The predicted octanol–water partition coefficient (Wildman–Crippen LogP) is 6.19. The lowest BCUT2D eigenvalue weighted by Crippen LogP contribution is -2.23. The monoisotopic (exact) mass is 312 g/mol. The maximum Gasteiger partial charge on any atom is 0.130 e. The van der Waals surface area contributed by atoms with Gasteiger partial charge in [-0.2, -0.15) is 5.10 Å². The van der Waals surface area contributed by atoms with E-state index in [-0.39, 0.29) is 5.41 Å². The average Bonchev–Trinajstić information content (AvgIpc) is 2.69. The maximum absolute atomic E-state index is 6.55. The first-order chi connectivity index (χ1) is 9.96. The summed E-state index contributed by atoms with van der Waals surface area (Å²) in [5.74, 6) is 0. The van der Waals surface area contributed by atoms with E-state index < -0.39 is 0 Å². The largest absolute Gasteiger partial charge is 0.257 e. The lowest BCUT2D eigenvalue weighted by molar-refractivity contribution is 0.364. The third-order valence-corrected chi connectivity index (χ3v) is 5.10. The van der Waals surface area contributed by atoms with Crippen LogP contribution in [0.3, 0.4) is 0 Å². The van der Waals surface area contributed by atoms with Crippen LogP contribution < -0.4 is 0 Å². The van der Waals surface area contributed by atoms with E-state index in [2.05, 4.69) is 32.8 Å². The predicted molar refractivity (Wildman–Crippen MR) is 93.2 cm³/mol. The number of hydrogen-bond donors (Lipinski definition) is 0. The molecule has 0 N–H and O–H groups in total. The molecule has 1 unspecified atom stereocenters. The molecule has 0 spiro atoms. The summed E-state index contributed by atoms with van der Waals surface area (Å²) < 4.78 is 1.83. The molecule has 1 aromatic heterocycles. The first-order valence-corrected chi connectivity index (χ1v) is 9.03. The van der Waals surface area contributed by atoms with Crippen LogP contribution in [0.5, 0.6) is 0 Å². The van der Waals surface area contributed by atoms with E-state index in [4.69, 9.17) is 11.6 Å². The van der Waals surface area contributed by atoms with Crippen molar-refractivity contribution in [2.45, 2.75) is 90.9 Å². The Balaban J connectivity index is 2.88. The van der Waals surface area contributed by atoms with Crippen LogP contribution in [-0.2, 0) is 12.5 Å². The molecule has 0 saturated heterocycles. The summed E-state index contributed by atoms with van der Waals surface area (Å²) in [6.07, 6.45) is 11.6. The van der Waals surface area contributed by atoms with Gasteiger partial charge in [0, 0.05) is 12.6 Å². The second-order valence-electron chi connectivity index (χ2n) is 6.70. The molecule has 1 atom stereocenters. The Hall–Kier alpha value is -0.500. The summed E-state index contributed by atoms with van der Waals surface area (Å²) >= 11 is 6.55. The lowest BCUT2D eigenvalue weighted by Gasteiger charge is -2.30. The fourth-order valence-electron chi connectivity index (χ4n) is 3.40. The standard InChI is InChI=1S/C18H33ClN2/c1-6-8-10-12-14-18(4,13-11-9-7-2)16-15(3)20-21(5)17(16)19/h6-14H2,1-5H3. The summed E-state index contributed by atoms with van der Waals surface area (Å²) in [7, 11) is 1.95. The second kappa shape index (κ2) is 8.82. The molecule has 1 heterocycles. The average molecular weight is 313 g/mol. The highest BCUT2D eigenvalue weighted by Crippen LogP contribution is 2.40. The van der Waals surface area contributed by atoms with E-state index in [1.807, 2.05) is 11.7 Å². The van der Waals surface area contributed by atoms with Gasteiger partial charge in [0.05, 0.1) is 5.69 Å². The van der Waals surface area contributed by atoms with Gasteiger partial charge >= 0.3 is 0 Å².